The molecular formula is C20H22N6O2. The van der Waals surface area contributed by atoms with E-state index in [1.54, 1.807) is 21.6 Å². The summed E-state index contributed by atoms with van der Waals surface area (Å²) in [5.41, 5.74) is 2.14. The Morgan fingerprint density at radius 2 is 2.21 bits per heavy atom. The maximum Gasteiger partial charge on any atom is 0.245 e. The molecule has 0 bridgehead atoms. The highest BCUT2D eigenvalue weighted by Crippen LogP contribution is 2.51. The van der Waals surface area contributed by atoms with E-state index in [2.05, 4.69) is 23.7 Å². The Morgan fingerprint density at radius 3 is 2.96 bits per heavy atom. The van der Waals surface area contributed by atoms with E-state index in [0.717, 1.165) is 29.7 Å². The first-order valence-electron chi connectivity index (χ1n) is 9.40. The molecule has 1 saturated heterocycles. The van der Waals surface area contributed by atoms with Gasteiger partial charge in [-0.3, -0.25) is 9.48 Å². The van der Waals surface area contributed by atoms with E-state index in [-0.39, 0.29) is 11.5 Å². The summed E-state index contributed by atoms with van der Waals surface area (Å²) in [6, 6.07) is 1.90. The van der Waals surface area contributed by atoms with Gasteiger partial charge in [0.1, 0.15) is 11.1 Å². The maximum atomic E-state index is 12.0. The lowest BCUT2D eigenvalue weighted by molar-refractivity contribution is -0.125. The number of rotatable bonds is 4. The molecule has 8 heteroatoms. The number of fused-ring (bicyclic) bond motifs is 2. The Labute approximate surface area is 162 Å². The van der Waals surface area contributed by atoms with Crippen LogP contribution in [0.4, 0.5) is 0 Å². The number of likely N-dealkylation sites (tertiary alicyclic amines) is 1. The van der Waals surface area contributed by atoms with Crippen LogP contribution in [-0.2, 0) is 11.8 Å². The molecule has 1 aliphatic carbocycles. The Hall–Kier alpha value is -3.16. The van der Waals surface area contributed by atoms with Gasteiger partial charge in [0, 0.05) is 37.8 Å². The lowest BCUT2D eigenvalue weighted by Crippen LogP contribution is -2.55. The van der Waals surface area contributed by atoms with Gasteiger partial charge in [0.2, 0.25) is 11.8 Å². The minimum absolute atomic E-state index is 0.00775. The molecule has 4 heterocycles. The molecule has 2 fully saturated rings. The van der Waals surface area contributed by atoms with Gasteiger partial charge < -0.3 is 9.64 Å². The zero-order valence-electron chi connectivity index (χ0n) is 15.9. The molecule has 28 heavy (non-hydrogen) atoms. The number of hydrogen-bond acceptors (Lipinski definition) is 5. The summed E-state index contributed by atoms with van der Waals surface area (Å²) in [6.07, 6.45) is 9.60. The molecular weight excluding hydrogens is 356 g/mol. The van der Waals surface area contributed by atoms with Crippen LogP contribution in [0.25, 0.3) is 16.8 Å². The van der Waals surface area contributed by atoms with Crippen molar-refractivity contribution < 1.29 is 9.53 Å². The number of hydrogen-bond donors (Lipinski definition) is 0. The Bertz CT molecular complexity index is 1090. The van der Waals surface area contributed by atoms with E-state index in [4.69, 9.17) is 9.72 Å². The summed E-state index contributed by atoms with van der Waals surface area (Å²) >= 11 is 0. The molecule has 5 rings (SSSR count). The van der Waals surface area contributed by atoms with Crippen molar-refractivity contribution in [3.8, 4) is 17.1 Å². The summed E-state index contributed by atoms with van der Waals surface area (Å²) in [6.45, 7) is 7.19. The molecule has 2 aliphatic rings. The average molecular weight is 378 g/mol. The molecule has 1 aliphatic heterocycles. The summed E-state index contributed by atoms with van der Waals surface area (Å²) in [5.74, 6) is 1.32. The number of aromatic nitrogens is 5. The van der Waals surface area contributed by atoms with E-state index < -0.39 is 0 Å². The SMILES string of the molecule is C=CC(=O)N1C[C@@H]2C[C@@](C)(Oc3nc(-c4cnn(C)c4)cn4nccc34)[C@@H]2C1. The molecule has 1 amide bonds. The minimum Gasteiger partial charge on any atom is -0.469 e. The predicted molar refractivity (Wildman–Crippen MR) is 103 cm³/mol. The molecule has 3 atom stereocenters. The van der Waals surface area contributed by atoms with Gasteiger partial charge in [-0.15, -0.1) is 0 Å². The van der Waals surface area contributed by atoms with E-state index >= 15 is 0 Å². The highest BCUT2D eigenvalue weighted by atomic mass is 16.5. The van der Waals surface area contributed by atoms with Gasteiger partial charge >= 0.3 is 0 Å². The average Bonchev–Trinajstić information content (AvgIpc) is 3.39. The second-order valence-electron chi connectivity index (χ2n) is 7.93. The summed E-state index contributed by atoms with van der Waals surface area (Å²) in [4.78, 5) is 18.6. The van der Waals surface area contributed by atoms with Crippen molar-refractivity contribution in [3.05, 3.63) is 43.5 Å². The highest BCUT2D eigenvalue weighted by molar-refractivity contribution is 5.87. The zero-order valence-corrected chi connectivity index (χ0v) is 15.9. The fourth-order valence-corrected chi connectivity index (χ4v) is 4.59. The fraction of sp³-hybridized carbons (Fsp3) is 0.400. The molecule has 3 aromatic heterocycles. The summed E-state index contributed by atoms with van der Waals surface area (Å²) < 4.78 is 10.0. The Kier molecular flexibility index (Phi) is 3.59. The van der Waals surface area contributed by atoms with E-state index in [1.807, 2.05) is 30.4 Å². The molecule has 0 N–H and O–H groups in total. The molecule has 3 aromatic rings. The van der Waals surface area contributed by atoms with Crippen molar-refractivity contribution in [2.45, 2.75) is 18.9 Å². The van der Waals surface area contributed by atoms with Crippen molar-refractivity contribution >= 4 is 11.4 Å². The molecule has 0 aromatic carbocycles. The van der Waals surface area contributed by atoms with Crippen LogP contribution < -0.4 is 4.74 Å². The molecule has 144 valence electrons. The van der Waals surface area contributed by atoms with Gasteiger partial charge in [-0.2, -0.15) is 10.2 Å². The lowest BCUT2D eigenvalue weighted by Gasteiger charge is -2.48. The van der Waals surface area contributed by atoms with Crippen molar-refractivity contribution in [1.82, 2.24) is 29.3 Å². The van der Waals surface area contributed by atoms with Crippen LogP contribution in [0.15, 0.2) is 43.5 Å². The van der Waals surface area contributed by atoms with Crippen LogP contribution in [0.1, 0.15) is 13.3 Å². The van der Waals surface area contributed by atoms with Crippen LogP contribution >= 0.6 is 0 Å². The Balaban J connectivity index is 1.46. The highest BCUT2D eigenvalue weighted by Gasteiger charge is 2.57. The lowest BCUT2D eigenvalue weighted by atomic mass is 9.64. The molecule has 1 saturated carbocycles. The van der Waals surface area contributed by atoms with Gasteiger partial charge in [0.05, 0.1) is 24.3 Å². The number of carbonyl (C=O) groups excluding carboxylic acids is 1. The standard InChI is InChI=1S/C20H22N6O2/c1-4-18(27)25-10-13-7-20(2,15(13)11-25)28-19-17-5-6-21-26(17)12-16(23-19)14-8-22-24(3)9-14/h4-6,8-9,12-13,15H,1,7,10-11H2,2-3H3/t13-,15+,20+/m0/s1. The third-order valence-corrected chi connectivity index (χ3v) is 6.07. The number of amides is 1. The van der Waals surface area contributed by atoms with Crippen LogP contribution in [0, 0.1) is 11.8 Å². The van der Waals surface area contributed by atoms with Crippen molar-refractivity contribution in [3.63, 3.8) is 0 Å². The minimum atomic E-state index is -0.355. The number of ether oxygens (including phenoxy) is 1. The van der Waals surface area contributed by atoms with Gasteiger partial charge in [0.25, 0.3) is 0 Å². The summed E-state index contributed by atoms with van der Waals surface area (Å²) in [5, 5.41) is 8.59. The topological polar surface area (TPSA) is 77.6 Å². The van der Waals surface area contributed by atoms with Crippen molar-refractivity contribution in [2.24, 2.45) is 18.9 Å². The predicted octanol–water partition coefficient (Wildman–Crippen LogP) is 1.93. The third kappa shape index (κ3) is 2.51. The third-order valence-electron chi connectivity index (χ3n) is 6.07. The van der Waals surface area contributed by atoms with E-state index in [0.29, 0.717) is 24.3 Å². The first kappa shape index (κ1) is 17.0. The van der Waals surface area contributed by atoms with Gasteiger partial charge in [-0.1, -0.05) is 6.58 Å². The van der Waals surface area contributed by atoms with Crippen LogP contribution in [0.2, 0.25) is 0 Å². The Morgan fingerprint density at radius 1 is 1.36 bits per heavy atom. The maximum absolute atomic E-state index is 12.0. The zero-order chi connectivity index (χ0) is 19.5. The van der Waals surface area contributed by atoms with Crippen molar-refractivity contribution in [1.29, 1.82) is 0 Å². The van der Waals surface area contributed by atoms with Gasteiger partial charge in [-0.05, 0) is 31.4 Å². The number of aryl methyl sites for hydroxylation is 1. The monoisotopic (exact) mass is 378 g/mol. The first-order chi connectivity index (χ1) is 13.5. The van der Waals surface area contributed by atoms with Crippen LogP contribution in [-0.4, -0.2) is 53.9 Å². The fourth-order valence-electron chi connectivity index (χ4n) is 4.59. The second-order valence-corrected chi connectivity index (χ2v) is 7.93. The van der Waals surface area contributed by atoms with E-state index in [9.17, 15) is 4.79 Å². The molecule has 0 spiro atoms. The smallest absolute Gasteiger partial charge is 0.245 e. The normalized spacial score (nSPS) is 26.1. The van der Waals surface area contributed by atoms with Crippen LogP contribution in [0.3, 0.4) is 0 Å². The van der Waals surface area contributed by atoms with Gasteiger partial charge in [0.15, 0.2) is 0 Å². The largest absolute Gasteiger partial charge is 0.469 e. The first-order valence-corrected chi connectivity index (χ1v) is 9.40. The van der Waals surface area contributed by atoms with Crippen molar-refractivity contribution in [2.75, 3.05) is 13.1 Å². The number of nitrogens with zero attached hydrogens (tertiary/aromatic N) is 6. The van der Waals surface area contributed by atoms with E-state index in [1.165, 1.54) is 6.08 Å². The molecule has 8 nitrogen and oxygen atoms in total. The quantitative estimate of drug-likeness (QED) is 0.649. The summed E-state index contributed by atoms with van der Waals surface area (Å²) in [7, 11) is 1.87. The van der Waals surface area contributed by atoms with Crippen LogP contribution in [0.5, 0.6) is 5.88 Å². The number of carbonyl (C=O) groups is 1. The second kappa shape index (κ2) is 5.92. The van der Waals surface area contributed by atoms with Gasteiger partial charge in [-0.25, -0.2) is 9.50 Å². The molecule has 0 unspecified atom stereocenters. The molecule has 0 radical (unpaired) electrons.